The Kier molecular flexibility index (Phi) is 4.07. The van der Waals surface area contributed by atoms with E-state index in [-0.39, 0.29) is 0 Å². The molecule has 3 heterocycles. The van der Waals surface area contributed by atoms with Crippen LogP contribution in [0, 0.1) is 11.3 Å². The number of nitrogens with two attached hydrogens (primary N) is 1. The molecule has 126 valence electrons. The predicted octanol–water partition coefficient (Wildman–Crippen LogP) is 3.20. The average Bonchev–Trinajstić information content (AvgIpc) is 3.13. The quantitative estimate of drug-likeness (QED) is 0.524. The van der Waals surface area contributed by atoms with Crippen LogP contribution in [-0.2, 0) is 5.33 Å². The van der Waals surface area contributed by atoms with Crippen molar-refractivity contribution in [1.82, 2.24) is 24.6 Å². The maximum Gasteiger partial charge on any atom is 0.150 e. The highest BCUT2D eigenvalue weighted by atomic mass is 79.9. The Labute approximate surface area is 157 Å². The zero-order valence-corrected chi connectivity index (χ0v) is 15.1. The third-order valence-corrected chi connectivity index (χ3v) is 4.49. The van der Waals surface area contributed by atoms with Gasteiger partial charge >= 0.3 is 0 Å². The Morgan fingerprint density at radius 1 is 1.23 bits per heavy atom. The summed E-state index contributed by atoms with van der Waals surface area (Å²) in [6.45, 7) is 0. The molecular formula is C18H12BrN7. The van der Waals surface area contributed by atoms with Crippen molar-refractivity contribution in [3.63, 3.8) is 0 Å². The van der Waals surface area contributed by atoms with Crippen molar-refractivity contribution in [3.05, 3.63) is 60.2 Å². The van der Waals surface area contributed by atoms with E-state index in [2.05, 4.69) is 42.0 Å². The molecule has 7 nitrogen and oxygen atoms in total. The average molecular weight is 406 g/mol. The molecule has 4 aromatic rings. The number of nitriles is 1. The van der Waals surface area contributed by atoms with Gasteiger partial charge < -0.3 is 5.73 Å². The van der Waals surface area contributed by atoms with Gasteiger partial charge in [-0.2, -0.15) is 10.4 Å². The van der Waals surface area contributed by atoms with Crippen molar-refractivity contribution in [2.24, 2.45) is 0 Å². The number of anilines is 1. The number of hydrogen-bond acceptors (Lipinski definition) is 6. The number of fused-ring (bicyclic) bond motifs is 1. The zero-order chi connectivity index (χ0) is 18.1. The van der Waals surface area contributed by atoms with Gasteiger partial charge in [-0.25, -0.2) is 19.5 Å². The van der Waals surface area contributed by atoms with Crippen molar-refractivity contribution in [2.75, 3.05) is 5.73 Å². The zero-order valence-electron chi connectivity index (χ0n) is 13.5. The first-order chi connectivity index (χ1) is 12.7. The Balaban J connectivity index is 2.10. The van der Waals surface area contributed by atoms with Gasteiger partial charge in [-0.1, -0.05) is 28.1 Å². The molecule has 0 aliphatic rings. The molecule has 1 aromatic carbocycles. The summed E-state index contributed by atoms with van der Waals surface area (Å²) in [4.78, 5) is 12.9. The molecule has 0 unspecified atom stereocenters. The van der Waals surface area contributed by atoms with Crippen LogP contribution in [0.1, 0.15) is 11.3 Å². The van der Waals surface area contributed by atoms with Crippen LogP contribution in [0.5, 0.6) is 0 Å². The lowest BCUT2D eigenvalue weighted by Gasteiger charge is -2.12. The second-order valence-corrected chi connectivity index (χ2v) is 6.11. The third-order valence-electron chi connectivity index (χ3n) is 3.92. The highest BCUT2D eigenvalue weighted by Crippen LogP contribution is 2.32. The lowest BCUT2D eigenvalue weighted by molar-refractivity contribution is 0.924. The molecule has 0 radical (unpaired) electrons. The van der Waals surface area contributed by atoms with Crippen LogP contribution in [0.15, 0.2) is 48.9 Å². The fourth-order valence-electron chi connectivity index (χ4n) is 2.78. The third kappa shape index (κ3) is 2.68. The summed E-state index contributed by atoms with van der Waals surface area (Å²) in [7, 11) is 0. The van der Waals surface area contributed by atoms with E-state index < -0.39 is 0 Å². The van der Waals surface area contributed by atoms with Gasteiger partial charge in [0.15, 0.2) is 0 Å². The fraction of sp³-hybridized carbons (Fsp3) is 0.0556. The number of alkyl halides is 1. The summed E-state index contributed by atoms with van der Waals surface area (Å²) >= 11 is 3.42. The Bertz CT molecular complexity index is 1150. The molecule has 3 aromatic heterocycles. The molecule has 0 fully saturated rings. The van der Waals surface area contributed by atoms with Crippen molar-refractivity contribution < 1.29 is 0 Å². The number of aromatic nitrogens is 5. The lowest BCUT2D eigenvalue weighted by atomic mass is 10.0. The van der Waals surface area contributed by atoms with Crippen LogP contribution < -0.4 is 5.73 Å². The van der Waals surface area contributed by atoms with Crippen LogP contribution in [0.4, 0.5) is 5.82 Å². The van der Waals surface area contributed by atoms with Gasteiger partial charge in [0.05, 0.1) is 23.0 Å². The van der Waals surface area contributed by atoms with Crippen molar-refractivity contribution >= 4 is 27.3 Å². The first-order valence-electron chi connectivity index (χ1n) is 7.72. The van der Waals surface area contributed by atoms with Crippen LogP contribution in [0.2, 0.25) is 0 Å². The van der Waals surface area contributed by atoms with E-state index >= 15 is 0 Å². The van der Waals surface area contributed by atoms with E-state index in [4.69, 9.17) is 5.73 Å². The van der Waals surface area contributed by atoms with Gasteiger partial charge in [-0.3, -0.25) is 0 Å². The van der Waals surface area contributed by atoms with E-state index in [1.54, 1.807) is 28.9 Å². The molecule has 0 amide bonds. The molecule has 2 N–H and O–H groups in total. The molecular weight excluding hydrogens is 394 g/mol. The number of halogens is 1. The molecule has 0 aliphatic heterocycles. The van der Waals surface area contributed by atoms with Crippen molar-refractivity contribution in [3.8, 4) is 28.7 Å². The number of hydrogen-bond donors (Lipinski definition) is 1. The maximum atomic E-state index is 9.22. The SMILES string of the molecule is N#Cc1cccc(-c2nc(N)c3cc(CBr)nn3c2-c2ccncn2)c1. The summed E-state index contributed by atoms with van der Waals surface area (Å²) in [5.74, 6) is 0.361. The summed E-state index contributed by atoms with van der Waals surface area (Å²) < 4.78 is 1.75. The normalized spacial score (nSPS) is 10.8. The predicted molar refractivity (Wildman–Crippen MR) is 101 cm³/mol. The topological polar surface area (TPSA) is 106 Å². The molecule has 26 heavy (non-hydrogen) atoms. The molecule has 0 saturated heterocycles. The number of nitrogen functional groups attached to an aromatic ring is 1. The minimum absolute atomic E-state index is 0.361. The minimum atomic E-state index is 0.361. The summed E-state index contributed by atoms with van der Waals surface area (Å²) in [6.07, 6.45) is 3.14. The van der Waals surface area contributed by atoms with Crippen LogP contribution in [0.25, 0.3) is 28.2 Å². The Morgan fingerprint density at radius 2 is 2.12 bits per heavy atom. The van der Waals surface area contributed by atoms with Crippen molar-refractivity contribution in [1.29, 1.82) is 5.26 Å². The molecule has 8 heteroatoms. The molecule has 0 atom stereocenters. The van der Waals surface area contributed by atoms with Gasteiger partial charge in [-0.15, -0.1) is 0 Å². The number of benzene rings is 1. The van der Waals surface area contributed by atoms with Gasteiger partial charge in [0.25, 0.3) is 0 Å². The number of rotatable bonds is 3. The highest BCUT2D eigenvalue weighted by molar-refractivity contribution is 9.08. The Hall–Kier alpha value is -3.31. The van der Waals surface area contributed by atoms with Gasteiger partial charge in [-0.05, 0) is 24.3 Å². The van der Waals surface area contributed by atoms with E-state index in [0.717, 1.165) is 11.3 Å². The van der Waals surface area contributed by atoms with Gasteiger partial charge in [0, 0.05) is 17.1 Å². The van der Waals surface area contributed by atoms with Gasteiger partial charge in [0.1, 0.15) is 29.0 Å². The van der Waals surface area contributed by atoms with Gasteiger partial charge in [0.2, 0.25) is 0 Å². The molecule has 4 rings (SSSR count). The molecule has 0 spiro atoms. The molecule has 0 bridgehead atoms. The minimum Gasteiger partial charge on any atom is -0.382 e. The molecule has 0 saturated carbocycles. The highest BCUT2D eigenvalue weighted by Gasteiger charge is 2.19. The second kappa shape index (κ2) is 6.54. The van der Waals surface area contributed by atoms with E-state index in [1.165, 1.54) is 6.33 Å². The van der Waals surface area contributed by atoms with E-state index in [1.807, 2.05) is 18.2 Å². The largest absolute Gasteiger partial charge is 0.382 e. The maximum absolute atomic E-state index is 9.22. The van der Waals surface area contributed by atoms with Crippen LogP contribution in [-0.4, -0.2) is 24.6 Å². The molecule has 0 aliphatic carbocycles. The first-order valence-corrected chi connectivity index (χ1v) is 8.84. The summed E-state index contributed by atoms with van der Waals surface area (Å²) in [5, 5.41) is 14.4. The standard InChI is InChI=1S/C18H12BrN7/c19-8-13-7-15-18(21)24-16(12-3-1-2-11(6-12)9-20)17(26(15)25-13)14-4-5-22-10-23-14/h1-7,10H,8H2,(H2,21,24). The summed E-state index contributed by atoms with van der Waals surface area (Å²) in [5.41, 5.74) is 11.0. The first kappa shape index (κ1) is 16.2. The van der Waals surface area contributed by atoms with Crippen LogP contribution >= 0.6 is 15.9 Å². The van der Waals surface area contributed by atoms with E-state index in [0.29, 0.717) is 39.3 Å². The fourth-order valence-corrected chi connectivity index (χ4v) is 3.05. The van der Waals surface area contributed by atoms with E-state index in [9.17, 15) is 5.26 Å². The second-order valence-electron chi connectivity index (χ2n) is 5.55. The Morgan fingerprint density at radius 3 is 2.85 bits per heavy atom. The number of nitrogens with zero attached hydrogens (tertiary/aromatic N) is 6. The summed E-state index contributed by atoms with van der Waals surface area (Å²) in [6, 6.07) is 13.0. The van der Waals surface area contributed by atoms with Crippen molar-refractivity contribution in [2.45, 2.75) is 5.33 Å². The monoisotopic (exact) mass is 405 g/mol. The lowest BCUT2D eigenvalue weighted by Crippen LogP contribution is -2.05. The van der Waals surface area contributed by atoms with Crippen LogP contribution in [0.3, 0.4) is 0 Å². The smallest absolute Gasteiger partial charge is 0.150 e.